The van der Waals surface area contributed by atoms with Crippen molar-refractivity contribution in [3.63, 3.8) is 0 Å². The molecule has 1 aromatic rings. The van der Waals surface area contributed by atoms with Crippen molar-refractivity contribution in [2.24, 2.45) is 0 Å². The number of carbonyl (C=O) groups excluding carboxylic acids is 1. The fourth-order valence-electron chi connectivity index (χ4n) is 1.43. The largest absolute Gasteiger partial charge is 0.396 e. The van der Waals surface area contributed by atoms with Crippen LogP contribution in [0.4, 0.5) is 5.82 Å². The van der Waals surface area contributed by atoms with Gasteiger partial charge in [-0.25, -0.2) is 4.98 Å². The highest BCUT2D eigenvalue weighted by molar-refractivity contribution is 5.98. The molecule has 5 heteroatoms. The molecular formula is C11H17N3O2. The molecule has 0 aromatic carbocycles. The fraction of sp³-hybridized carbons (Fsp3) is 0.455. The van der Waals surface area contributed by atoms with E-state index in [4.69, 9.17) is 10.8 Å². The number of amides is 1. The molecule has 0 bridgehead atoms. The lowest BCUT2D eigenvalue weighted by atomic mass is 10.2. The summed E-state index contributed by atoms with van der Waals surface area (Å²) in [5, 5.41) is 8.74. The van der Waals surface area contributed by atoms with Crippen LogP contribution in [0.1, 0.15) is 23.7 Å². The summed E-state index contributed by atoms with van der Waals surface area (Å²) in [6, 6.07) is 3.34. The Morgan fingerprint density at radius 1 is 1.62 bits per heavy atom. The highest BCUT2D eigenvalue weighted by atomic mass is 16.3. The number of aliphatic hydroxyl groups is 1. The van der Waals surface area contributed by atoms with Crippen LogP contribution in [0.15, 0.2) is 18.3 Å². The molecule has 0 spiro atoms. The number of hydrogen-bond acceptors (Lipinski definition) is 4. The number of hydrogen-bond donors (Lipinski definition) is 2. The first kappa shape index (κ1) is 12.4. The number of pyridine rings is 1. The molecule has 0 aliphatic rings. The van der Waals surface area contributed by atoms with E-state index < -0.39 is 0 Å². The van der Waals surface area contributed by atoms with Crippen molar-refractivity contribution >= 4 is 11.7 Å². The minimum absolute atomic E-state index is 0.0757. The molecule has 0 atom stereocenters. The van der Waals surface area contributed by atoms with Crippen LogP contribution in [0.3, 0.4) is 0 Å². The number of anilines is 1. The molecule has 1 aromatic heterocycles. The number of rotatable bonds is 5. The van der Waals surface area contributed by atoms with Crippen LogP contribution in [0.25, 0.3) is 0 Å². The maximum absolute atomic E-state index is 12.0. The number of carbonyl (C=O) groups is 1. The van der Waals surface area contributed by atoms with Gasteiger partial charge in [0.25, 0.3) is 5.91 Å². The Hall–Kier alpha value is -1.62. The zero-order chi connectivity index (χ0) is 12.0. The van der Waals surface area contributed by atoms with E-state index in [1.54, 1.807) is 23.2 Å². The summed E-state index contributed by atoms with van der Waals surface area (Å²) < 4.78 is 0. The van der Waals surface area contributed by atoms with Crippen LogP contribution in [0.5, 0.6) is 0 Å². The van der Waals surface area contributed by atoms with Crippen molar-refractivity contribution in [1.29, 1.82) is 0 Å². The molecule has 3 N–H and O–H groups in total. The zero-order valence-electron chi connectivity index (χ0n) is 9.39. The second-order valence-corrected chi connectivity index (χ2v) is 3.40. The molecule has 0 unspecified atom stereocenters. The number of aromatic nitrogens is 1. The summed E-state index contributed by atoms with van der Waals surface area (Å²) in [6.07, 6.45) is 2.12. The Labute approximate surface area is 94.9 Å². The van der Waals surface area contributed by atoms with E-state index in [0.717, 1.165) is 0 Å². The molecule has 0 saturated heterocycles. The first-order valence-corrected chi connectivity index (χ1v) is 5.31. The highest BCUT2D eigenvalue weighted by Gasteiger charge is 2.16. The minimum atomic E-state index is -0.137. The van der Waals surface area contributed by atoms with E-state index in [1.807, 2.05) is 6.92 Å². The van der Waals surface area contributed by atoms with Crippen molar-refractivity contribution in [2.45, 2.75) is 13.3 Å². The Kier molecular flexibility index (Phi) is 4.72. The average Bonchev–Trinajstić information content (AvgIpc) is 2.30. The molecular weight excluding hydrogens is 206 g/mol. The summed E-state index contributed by atoms with van der Waals surface area (Å²) in [7, 11) is 0. The monoisotopic (exact) mass is 223 g/mol. The van der Waals surface area contributed by atoms with Gasteiger partial charge in [-0.1, -0.05) is 0 Å². The molecule has 0 saturated carbocycles. The van der Waals surface area contributed by atoms with E-state index in [1.165, 1.54) is 0 Å². The predicted octanol–water partition coefficient (Wildman–Crippen LogP) is 0.508. The SMILES string of the molecule is CCN(CCCO)C(=O)c1cccnc1N. The lowest BCUT2D eigenvalue weighted by molar-refractivity contribution is 0.0755. The standard InChI is InChI=1S/C11H17N3O2/c1-2-14(7-4-8-15)11(16)9-5-3-6-13-10(9)12/h3,5-6,15H,2,4,7-8H2,1H3,(H2,12,13). The number of nitrogens with two attached hydrogens (primary N) is 1. The molecule has 1 rings (SSSR count). The Morgan fingerprint density at radius 2 is 2.38 bits per heavy atom. The van der Waals surface area contributed by atoms with Gasteiger partial charge >= 0.3 is 0 Å². The molecule has 0 aliphatic carbocycles. The van der Waals surface area contributed by atoms with E-state index in [2.05, 4.69) is 4.98 Å². The zero-order valence-corrected chi connectivity index (χ0v) is 9.39. The second kappa shape index (κ2) is 6.07. The maximum Gasteiger partial charge on any atom is 0.257 e. The van der Waals surface area contributed by atoms with E-state index in [-0.39, 0.29) is 18.3 Å². The van der Waals surface area contributed by atoms with Crippen molar-refractivity contribution < 1.29 is 9.90 Å². The Morgan fingerprint density at radius 3 is 2.94 bits per heavy atom. The van der Waals surface area contributed by atoms with Crippen LogP contribution >= 0.6 is 0 Å². The van der Waals surface area contributed by atoms with Gasteiger partial charge in [-0.2, -0.15) is 0 Å². The van der Waals surface area contributed by atoms with Crippen molar-refractivity contribution in [3.05, 3.63) is 23.9 Å². The molecule has 88 valence electrons. The molecule has 5 nitrogen and oxygen atoms in total. The average molecular weight is 223 g/mol. The second-order valence-electron chi connectivity index (χ2n) is 3.40. The van der Waals surface area contributed by atoms with Crippen LogP contribution in [-0.2, 0) is 0 Å². The molecule has 0 fully saturated rings. The third-order valence-corrected chi connectivity index (χ3v) is 2.32. The van der Waals surface area contributed by atoms with Crippen molar-refractivity contribution in [3.8, 4) is 0 Å². The summed E-state index contributed by atoms with van der Waals surface area (Å²) in [6.45, 7) is 3.08. The summed E-state index contributed by atoms with van der Waals surface area (Å²) in [4.78, 5) is 17.5. The number of nitrogen functional groups attached to an aromatic ring is 1. The van der Waals surface area contributed by atoms with Gasteiger partial charge in [0.1, 0.15) is 5.82 Å². The Bertz CT molecular complexity index is 355. The van der Waals surface area contributed by atoms with Gasteiger partial charge < -0.3 is 15.7 Å². The van der Waals surface area contributed by atoms with Crippen LogP contribution in [-0.4, -0.2) is 40.6 Å². The lowest BCUT2D eigenvalue weighted by Crippen LogP contribution is -2.32. The van der Waals surface area contributed by atoms with Gasteiger partial charge in [-0.05, 0) is 25.5 Å². The highest BCUT2D eigenvalue weighted by Crippen LogP contribution is 2.10. The molecule has 0 aliphatic heterocycles. The van der Waals surface area contributed by atoms with Gasteiger partial charge in [0, 0.05) is 25.9 Å². The van der Waals surface area contributed by atoms with E-state index in [9.17, 15) is 4.79 Å². The molecule has 0 radical (unpaired) electrons. The van der Waals surface area contributed by atoms with Gasteiger partial charge in [0.05, 0.1) is 5.56 Å². The molecule has 1 heterocycles. The third-order valence-electron chi connectivity index (χ3n) is 2.32. The predicted molar refractivity (Wildman–Crippen MR) is 61.9 cm³/mol. The van der Waals surface area contributed by atoms with Gasteiger partial charge in [0.2, 0.25) is 0 Å². The van der Waals surface area contributed by atoms with Gasteiger partial charge in [-0.3, -0.25) is 4.79 Å². The first-order valence-electron chi connectivity index (χ1n) is 5.31. The molecule has 16 heavy (non-hydrogen) atoms. The van der Waals surface area contributed by atoms with Crippen LogP contribution in [0.2, 0.25) is 0 Å². The first-order chi connectivity index (χ1) is 7.70. The van der Waals surface area contributed by atoms with Crippen molar-refractivity contribution in [2.75, 3.05) is 25.4 Å². The minimum Gasteiger partial charge on any atom is -0.396 e. The number of nitrogens with zero attached hydrogens (tertiary/aromatic N) is 2. The lowest BCUT2D eigenvalue weighted by Gasteiger charge is -2.20. The summed E-state index contributed by atoms with van der Waals surface area (Å²) in [5.74, 6) is 0.108. The summed E-state index contributed by atoms with van der Waals surface area (Å²) >= 11 is 0. The quantitative estimate of drug-likeness (QED) is 0.762. The fourth-order valence-corrected chi connectivity index (χ4v) is 1.43. The van der Waals surface area contributed by atoms with E-state index >= 15 is 0 Å². The molecule has 1 amide bonds. The Balaban J connectivity index is 2.79. The van der Waals surface area contributed by atoms with Crippen LogP contribution in [0, 0.1) is 0 Å². The van der Waals surface area contributed by atoms with Crippen LogP contribution < -0.4 is 5.73 Å². The number of aliphatic hydroxyl groups excluding tert-OH is 1. The maximum atomic E-state index is 12.0. The van der Waals surface area contributed by atoms with Crippen molar-refractivity contribution in [1.82, 2.24) is 9.88 Å². The third kappa shape index (κ3) is 2.93. The van der Waals surface area contributed by atoms with Gasteiger partial charge in [-0.15, -0.1) is 0 Å². The van der Waals surface area contributed by atoms with E-state index in [0.29, 0.717) is 25.1 Å². The summed E-state index contributed by atoms with van der Waals surface area (Å²) in [5.41, 5.74) is 6.05. The topological polar surface area (TPSA) is 79.5 Å². The normalized spacial score (nSPS) is 10.1. The van der Waals surface area contributed by atoms with Gasteiger partial charge in [0.15, 0.2) is 0 Å². The smallest absolute Gasteiger partial charge is 0.257 e.